The Balaban J connectivity index is 1.94. The van der Waals surface area contributed by atoms with E-state index in [0.717, 1.165) is 31.6 Å². The third kappa shape index (κ3) is 3.98. The number of nitrogens with zero attached hydrogens (tertiary/aromatic N) is 2. The first kappa shape index (κ1) is 15.4. The van der Waals surface area contributed by atoms with Crippen molar-refractivity contribution < 1.29 is 4.74 Å². The minimum absolute atomic E-state index is 0.478. The summed E-state index contributed by atoms with van der Waals surface area (Å²) in [6, 6.07) is 0. The van der Waals surface area contributed by atoms with Crippen LogP contribution in [0.2, 0.25) is 0 Å². The molecule has 114 valence electrons. The third-order valence-corrected chi connectivity index (χ3v) is 4.38. The van der Waals surface area contributed by atoms with E-state index in [2.05, 4.69) is 28.7 Å². The van der Waals surface area contributed by atoms with Gasteiger partial charge in [-0.1, -0.05) is 26.7 Å². The molecule has 0 amide bonds. The average Bonchev–Trinajstić information content (AvgIpc) is 3.03. The molecule has 0 bridgehead atoms. The second kappa shape index (κ2) is 7.11. The highest BCUT2D eigenvalue weighted by atomic mass is 16.5. The van der Waals surface area contributed by atoms with Crippen molar-refractivity contribution in [2.45, 2.75) is 52.5 Å². The van der Waals surface area contributed by atoms with E-state index < -0.39 is 0 Å². The van der Waals surface area contributed by atoms with Crippen molar-refractivity contribution in [1.82, 2.24) is 9.55 Å². The number of aromatic nitrogens is 2. The molecule has 1 N–H and O–H groups in total. The number of nitrogens with one attached hydrogen (secondary N) is 1. The number of hydrogen-bond acceptors (Lipinski definition) is 3. The van der Waals surface area contributed by atoms with Crippen molar-refractivity contribution in [3.8, 4) is 0 Å². The summed E-state index contributed by atoms with van der Waals surface area (Å²) in [5.41, 5.74) is 0.478. The summed E-state index contributed by atoms with van der Waals surface area (Å²) >= 11 is 0. The zero-order valence-corrected chi connectivity index (χ0v) is 13.2. The summed E-state index contributed by atoms with van der Waals surface area (Å²) in [5.74, 6) is 1.75. The first-order valence-corrected chi connectivity index (χ1v) is 7.89. The van der Waals surface area contributed by atoms with E-state index in [9.17, 15) is 0 Å². The quantitative estimate of drug-likeness (QED) is 0.791. The van der Waals surface area contributed by atoms with Crippen LogP contribution in [0.3, 0.4) is 0 Å². The largest absolute Gasteiger partial charge is 0.383 e. The van der Waals surface area contributed by atoms with Gasteiger partial charge in [-0.2, -0.15) is 0 Å². The fourth-order valence-electron chi connectivity index (χ4n) is 3.56. The Bertz CT molecular complexity index is 394. The van der Waals surface area contributed by atoms with Gasteiger partial charge in [0, 0.05) is 32.6 Å². The van der Waals surface area contributed by atoms with E-state index in [1.807, 2.05) is 12.4 Å². The van der Waals surface area contributed by atoms with Crippen LogP contribution in [0.1, 0.15) is 46.0 Å². The molecule has 1 aromatic heterocycles. The van der Waals surface area contributed by atoms with Crippen LogP contribution in [0.4, 0.5) is 5.95 Å². The van der Waals surface area contributed by atoms with Crippen LogP contribution in [0.25, 0.3) is 0 Å². The molecule has 0 saturated heterocycles. The van der Waals surface area contributed by atoms with E-state index in [1.165, 1.54) is 32.1 Å². The minimum atomic E-state index is 0.478. The summed E-state index contributed by atoms with van der Waals surface area (Å²) in [6.45, 7) is 7.30. The normalized spacial score (nSPS) is 17.8. The van der Waals surface area contributed by atoms with Crippen molar-refractivity contribution in [1.29, 1.82) is 0 Å². The van der Waals surface area contributed by atoms with Gasteiger partial charge in [-0.3, -0.25) is 0 Å². The molecule has 1 heterocycles. The van der Waals surface area contributed by atoms with E-state index in [1.54, 1.807) is 7.11 Å². The molecule has 0 radical (unpaired) electrons. The zero-order chi connectivity index (χ0) is 14.4. The molecule has 4 nitrogen and oxygen atoms in total. The van der Waals surface area contributed by atoms with Crippen molar-refractivity contribution in [2.75, 3.05) is 25.6 Å². The van der Waals surface area contributed by atoms with Crippen LogP contribution in [0, 0.1) is 11.3 Å². The number of anilines is 1. The Morgan fingerprint density at radius 3 is 2.80 bits per heavy atom. The first-order valence-electron chi connectivity index (χ1n) is 7.89. The van der Waals surface area contributed by atoms with Gasteiger partial charge in [0.1, 0.15) is 0 Å². The standard InChI is InChI=1S/C16H29N3O/c1-14(2)12-16(6-4-5-7-16)13-18-15-17-8-9-19(15)10-11-20-3/h8-9,14H,4-7,10-13H2,1-3H3,(H,17,18). The molecule has 1 saturated carbocycles. The lowest BCUT2D eigenvalue weighted by Crippen LogP contribution is -2.29. The van der Waals surface area contributed by atoms with Crippen LogP contribution in [-0.4, -0.2) is 29.8 Å². The maximum atomic E-state index is 5.14. The Labute approximate surface area is 122 Å². The molecule has 0 spiro atoms. The van der Waals surface area contributed by atoms with E-state index in [-0.39, 0.29) is 0 Å². The molecule has 0 aromatic carbocycles. The molecular formula is C16H29N3O. The number of ether oxygens (including phenoxy) is 1. The molecule has 1 aliphatic rings. The van der Waals surface area contributed by atoms with Crippen LogP contribution in [0.15, 0.2) is 12.4 Å². The maximum absolute atomic E-state index is 5.14. The van der Waals surface area contributed by atoms with Gasteiger partial charge in [-0.05, 0) is 30.6 Å². The predicted octanol–water partition coefficient (Wildman–Crippen LogP) is 3.55. The first-order chi connectivity index (χ1) is 9.65. The number of imidazole rings is 1. The summed E-state index contributed by atoms with van der Waals surface area (Å²) in [5, 5.41) is 3.59. The monoisotopic (exact) mass is 279 g/mol. The molecule has 2 rings (SSSR count). The maximum Gasteiger partial charge on any atom is 0.202 e. The molecule has 0 unspecified atom stereocenters. The number of hydrogen-bond donors (Lipinski definition) is 1. The summed E-state index contributed by atoms with van der Waals surface area (Å²) in [6.07, 6.45) is 10.7. The topological polar surface area (TPSA) is 39.1 Å². The lowest BCUT2D eigenvalue weighted by atomic mass is 9.78. The third-order valence-electron chi connectivity index (χ3n) is 4.38. The Kier molecular flexibility index (Phi) is 5.46. The average molecular weight is 279 g/mol. The molecule has 1 aliphatic carbocycles. The lowest BCUT2D eigenvalue weighted by Gasteiger charge is -2.31. The highest BCUT2D eigenvalue weighted by molar-refractivity contribution is 5.26. The zero-order valence-electron chi connectivity index (χ0n) is 13.2. The van der Waals surface area contributed by atoms with Crippen LogP contribution in [0.5, 0.6) is 0 Å². The molecule has 4 heteroatoms. The summed E-state index contributed by atoms with van der Waals surface area (Å²) in [4.78, 5) is 4.44. The van der Waals surface area contributed by atoms with E-state index >= 15 is 0 Å². The van der Waals surface area contributed by atoms with Crippen molar-refractivity contribution in [3.05, 3.63) is 12.4 Å². The van der Waals surface area contributed by atoms with Crippen molar-refractivity contribution in [3.63, 3.8) is 0 Å². The minimum Gasteiger partial charge on any atom is -0.383 e. The van der Waals surface area contributed by atoms with Gasteiger partial charge in [0.2, 0.25) is 5.95 Å². The molecule has 0 atom stereocenters. The van der Waals surface area contributed by atoms with Crippen LogP contribution >= 0.6 is 0 Å². The molecule has 20 heavy (non-hydrogen) atoms. The van der Waals surface area contributed by atoms with Gasteiger partial charge in [-0.25, -0.2) is 4.98 Å². The van der Waals surface area contributed by atoms with Gasteiger partial charge in [0.05, 0.1) is 6.61 Å². The SMILES string of the molecule is COCCn1ccnc1NCC1(CC(C)C)CCCC1. The van der Waals surface area contributed by atoms with Gasteiger partial charge in [-0.15, -0.1) is 0 Å². The summed E-state index contributed by atoms with van der Waals surface area (Å²) < 4.78 is 7.28. The Morgan fingerprint density at radius 1 is 1.40 bits per heavy atom. The van der Waals surface area contributed by atoms with Gasteiger partial charge in [0.15, 0.2) is 0 Å². The Morgan fingerprint density at radius 2 is 2.15 bits per heavy atom. The number of rotatable bonds is 8. The number of methoxy groups -OCH3 is 1. The van der Waals surface area contributed by atoms with E-state index in [4.69, 9.17) is 4.74 Å². The fraction of sp³-hybridized carbons (Fsp3) is 0.812. The lowest BCUT2D eigenvalue weighted by molar-refractivity contribution is 0.187. The molecule has 1 fully saturated rings. The van der Waals surface area contributed by atoms with E-state index in [0.29, 0.717) is 5.41 Å². The van der Waals surface area contributed by atoms with Gasteiger partial charge in [0.25, 0.3) is 0 Å². The molecule has 1 aromatic rings. The van der Waals surface area contributed by atoms with Crippen LogP contribution < -0.4 is 5.32 Å². The Hall–Kier alpha value is -1.03. The molecule has 0 aliphatic heterocycles. The van der Waals surface area contributed by atoms with Crippen molar-refractivity contribution in [2.24, 2.45) is 11.3 Å². The second-order valence-electron chi connectivity index (χ2n) is 6.60. The van der Waals surface area contributed by atoms with Crippen molar-refractivity contribution >= 4 is 5.95 Å². The highest BCUT2D eigenvalue weighted by Gasteiger charge is 2.34. The second-order valence-corrected chi connectivity index (χ2v) is 6.60. The van der Waals surface area contributed by atoms with Gasteiger partial charge >= 0.3 is 0 Å². The van der Waals surface area contributed by atoms with Gasteiger partial charge < -0.3 is 14.6 Å². The smallest absolute Gasteiger partial charge is 0.202 e. The fourth-order valence-corrected chi connectivity index (χ4v) is 3.56. The highest BCUT2D eigenvalue weighted by Crippen LogP contribution is 2.43. The molecular weight excluding hydrogens is 250 g/mol. The van der Waals surface area contributed by atoms with Crippen LogP contribution in [-0.2, 0) is 11.3 Å². The predicted molar refractivity (Wildman–Crippen MR) is 82.9 cm³/mol. The summed E-state index contributed by atoms with van der Waals surface area (Å²) in [7, 11) is 1.74.